The Morgan fingerprint density at radius 3 is 1.37 bits per heavy atom. The van der Waals surface area contributed by atoms with Crippen LogP contribution in [0, 0.1) is 11.8 Å². The van der Waals surface area contributed by atoms with Crippen LogP contribution >= 0.6 is 0 Å². The normalized spacial score (nSPS) is 36.2. The van der Waals surface area contributed by atoms with Crippen molar-refractivity contribution in [3.05, 3.63) is 48.3 Å². The summed E-state index contributed by atoms with van der Waals surface area (Å²) in [6, 6.07) is 3.80. The number of hydrogen-bond donors (Lipinski definition) is 0. The number of amides is 4. The van der Waals surface area contributed by atoms with E-state index in [1.54, 1.807) is 34.3 Å². The van der Waals surface area contributed by atoms with Crippen molar-refractivity contribution in [1.29, 1.82) is 0 Å². The lowest BCUT2D eigenvalue weighted by Gasteiger charge is -2.33. The molecule has 6 atom stereocenters. The van der Waals surface area contributed by atoms with Crippen LogP contribution in [0.2, 0.25) is 0 Å². The monoisotopic (exact) mass is 410 g/mol. The largest absolute Gasteiger partial charge is 0.468 e. The first-order valence-electron chi connectivity index (χ1n) is 9.69. The molecule has 10 nitrogen and oxygen atoms in total. The number of likely N-dealkylation sites (N-methyl/N-ethyl adjacent to an activating group) is 2. The number of imide groups is 2. The zero-order valence-electron chi connectivity index (χ0n) is 16.2. The fraction of sp³-hybridized carbons (Fsp3) is 0.400. The van der Waals surface area contributed by atoms with Crippen molar-refractivity contribution in [3.63, 3.8) is 0 Å². The van der Waals surface area contributed by atoms with E-state index in [9.17, 15) is 19.2 Å². The molecule has 0 bridgehead atoms. The van der Waals surface area contributed by atoms with Gasteiger partial charge in [0.1, 0.15) is 23.6 Å². The molecular weight excluding hydrogens is 392 g/mol. The van der Waals surface area contributed by atoms with E-state index in [1.165, 1.54) is 26.6 Å². The maximum Gasteiger partial charge on any atom is 0.248 e. The van der Waals surface area contributed by atoms with Gasteiger partial charge >= 0.3 is 0 Å². The number of nitrogens with zero attached hydrogens (tertiary/aromatic N) is 4. The zero-order chi connectivity index (χ0) is 20.9. The Bertz CT molecular complexity index is 993. The minimum absolute atomic E-state index is 0.333. The van der Waals surface area contributed by atoms with Crippen LogP contribution in [0.15, 0.2) is 45.6 Å². The summed E-state index contributed by atoms with van der Waals surface area (Å²) in [4.78, 5) is 54.6. The van der Waals surface area contributed by atoms with E-state index in [-0.39, 0.29) is 23.6 Å². The number of likely N-dealkylation sites (tertiary alicyclic amines) is 2. The summed E-state index contributed by atoms with van der Waals surface area (Å²) in [6.45, 7) is 0. The molecule has 30 heavy (non-hydrogen) atoms. The molecule has 0 aromatic carbocycles. The molecule has 2 aromatic rings. The van der Waals surface area contributed by atoms with Gasteiger partial charge in [-0.15, -0.1) is 0 Å². The molecule has 0 radical (unpaired) electrons. The van der Waals surface area contributed by atoms with Crippen LogP contribution in [0.3, 0.4) is 0 Å². The summed E-state index contributed by atoms with van der Waals surface area (Å²) >= 11 is 0. The Hall–Kier alpha value is -3.24. The Kier molecular flexibility index (Phi) is 3.33. The predicted octanol–water partition coefficient (Wildman–Crippen LogP) is 0.168. The number of furan rings is 2. The standard InChI is InChI=1S/C20H18N4O6/c1-21-17(25)11-13(9-5-3-7-29-9)24-16-12(18(26)22(2)20(16)28)14(10-6-4-8-30-10)23(24)15(11)19(21)27/h3-8,11-16H,1-2H3/t11-,12+,13+,14-,15-,16+. The molecule has 0 spiro atoms. The number of hydrazine groups is 1. The van der Waals surface area contributed by atoms with Crippen LogP contribution in [0.4, 0.5) is 0 Å². The van der Waals surface area contributed by atoms with Gasteiger partial charge in [-0.25, -0.2) is 10.0 Å². The third-order valence-electron chi connectivity index (χ3n) is 6.84. The van der Waals surface area contributed by atoms with Crippen molar-refractivity contribution in [2.75, 3.05) is 14.1 Å². The quantitative estimate of drug-likeness (QED) is 0.645. The second-order valence-electron chi connectivity index (χ2n) is 8.09. The molecule has 0 N–H and O–H groups in total. The molecule has 2 aromatic heterocycles. The van der Waals surface area contributed by atoms with Gasteiger partial charge in [-0.3, -0.25) is 29.0 Å². The van der Waals surface area contributed by atoms with Gasteiger partial charge in [-0.2, -0.15) is 0 Å². The number of fused-ring (bicyclic) bond motifs is 5. The molecule has 10 heteroatoms. The lowest BCUT2D eigenvalue weighted by atomic mass is 9.87. The Morgan fingerprint density at radius 2 is 1.03 bits per heavy atom. The van der Waals surface area contributed by atoms with Crippen molar-refractivity contribution in [1.82, 2.24) is 19.8 Å². The Balaban J connectivity index is 1.59. The highest BCUT2D eigenvalue weighted by Crippen LogP contribution is 2.58. The van der Waals surface area contributed by atoms with Gasteiger partial charge in [0, 0.05) is 14.1 Å². The minimum atomic E-state index is -0.843. The summed E-state index contributed by atoms with van der Waals surface area (Å²) in [7, 11) is 2.91. The van der Waals surface area contributed by atoms with Crippen molar-refractivity contribution >= 4 is 23.6 Å². The van der Waals surface area contributed by atoms with Crippen LogP contribution in [-0.4, -0.2) is 69.6 Å². The highest BCUT2D eigenvalue weighted by Gasteiger charge is 2.73. The Morgan fingerprint density at radius 1 is 0.633 bits per heavy atom. The van der Waals surface area contributed by atoms with Crippen LogP contribution < -0.4 is 0 Å². The maximum atomic E-state index is 13.1. The van der Waals surface area contributed by atoms with Gasteiger partial charge in [0.15, 0.2) is 0 Å². The molecule has 0 saturated carbocycles. The third kappa shape index (κ3) is 1.86. The van der Waals surface area contributed by atoms with E-state index in [1.807, 2.05) is 0 Å². The molecule has 4 aliphatic rings. The second kappa shape index (κ2) is 5.67. The van der Waals surface area contributed by atoms with Crippen LogP contribution in [0.1, 0.15) is 23.6 Å². The van der Waals surface area contributed by atoms with E-state index >= 15 is 0 Å². The third-order valence-corrected chi connectivity index (χ3v) is 6.84. The van der Waals surface area contributed by atoms with Gasteiger partial charge in [0.25, 0.3) is 0 Å². The van der Waals surface area contributed by atoms with Crippen LogP contribution in [0.25, 0.3) is 0 Å². The summed E-state index contributed by atoms with van der Waals surface area (Å²) in [5, 5.41) is 3.44. The fourth-order valence-corrected chi connectivity index (χ4v) is 5.59. The molecule has 4 amide bonds. The average Bonchev–Trinajstić information content (AvgIpc) is 3.54. The molecular formula is C20H18N4O6. The van der Waals surface area contributed by atoms with Crippen LogP contribution in [-0.2, 0) is 19.2 Å². The van der Waals surface area contributed by atoms with Crippen molar-refractivity contribution in [3.8, 4) is 0 Å². The summed E-state index contributed by atoms with van der Waals surface area (Å²) < 4.78 is 11.3. The van der Waals surface area contributed by atoms with Gasteiger partial charge in [0.2, 0.25) is 23.6 Å². The minimum Gasteiger partial charge on any atom is -0.468 e. The van der Waals surface area contributed by atoms with E-state index in [4.69, 9.17) is 8.83 Å². The molecule has 0 unspecified atom stereocenters. The van der Waals surface area contributed by atoms with E-state index in [2.05, 4.69) is 0 Å². The molecule has 4 aliphatic heterocycles. The Labute approximate surface area is 170 Å². The molecule has 4 fully saturated rings. The number of carbonyl (C=O) groups excluding carboxylic acids is 4. The second-order valence-corrected chi connectivity index (χ2v) is 8.09. The molecule has 6 heterocycles. The lowest BCUT2D eigenvalue weighted by Crippen LogP contribution is -2.49. The van der Waals surface area contributed by atoms with E-state index < -0.39 is 36.0 Å². The fourth-order valence-electron chi connectivity index (χ4n) is 5.59. The average molecular weight is 410 g/mol. The number of hydrogen-bond acceptors (Lipinski definition) is 8. The first-order chi connectivity index (χ1) is 14.4. The molecule has 0 aliphatic carbocycles. The topological polar surface area (TPSA) is 108 Å². The van der Waals surface area contributed by atoms with Crippen molar-refractivity contribution in [2.45, 2.75) is 24.2 Å². The smallest absolute Gasteiger partial charge is 0.248 e. The lowest BCUT2D eigenvalue weighted by molar-refractivity contribution is -0.152. The van der Waals surface area contributed by atoms with E-state index in [0.717, 1.165) is 9.80 Å². The summed E-state index contributed by atoms with van der Waals surface area (Å²) in [6.07, 6.45) is 2.98. The van der Waals surface area contributed by atoms with Crippen molar-refractivity contribution in [2.24, 2.45) is 11.8 Å². The van der Waals surface area contributed by atoms with Gasteiger partial charge in [-0.1, -0.05) is 0 Å². The van der Waals surface area contributed by atoms with Gasteiger partial charge in [0.05, 0.1) is 36.4 Å². The van der Waals surface area contributed by atoms with E-state index in [0.29, 0.717) is 11.5 Å². The predicted molar refractivity (Wildman–Crippen MR) is 96.7 cm³/mol. The van der Waals surface area contributed by atoms with Gasteiger partial charge < -0.3 is 8.83 Å². The summed E-state index contributed by atoms with van der Waals surface area (Å²) in [5.41, 5.74) is 0. The first-order valence-corrected chi connectivity index (χ1v) is 9.69. The SMILES string of the molecule is CN1C(=O)[C@@H]2[C@@H](C1=O)N1[C@@H](c3ccco3)[C@H]3C(=O)N(C)C(=O)[C@@H]3N1[C@@H]2c1ccco1. The maximum absolute atomic E-state index is 13.1. The van der Waals surface area contributed by atoms with Crippen LogP contribution in [0.5, 0.6) is 0 Å². The zero-order valence-corrected chi connectivity index (χ0v) is 16.2. The number of carbonyl (C=O) groups is 4. The first kappa shape index (κ1) is 17.6. The molecule has 6 rings (SSSR count). The summed E-state index contributed by atoms with van der Waals surface area (Å²) in [5.74, 6) is -1.96. The highest BCUT2D eigenvalue weighted by molar-refractivity contribution is 6.10. The number of rotatable bonds is 2. The highest BCUT2D eigenvalue weighted by atomic mass is 16.3. The van der Waals surface area contributed by atoms with Crippen molar-refractivity contribution < 1.29 is 28.0 Å². The molecule has 4 saturated heterocycles. The van der Waals surface area contributed by atoms with Gasteiger partial charge in [-0.05, 0) is 24.3 Å². The molecule has 154 valence electrons.